The molecular formula is C11H13NO4. The maximum atomic E-state index is 10.9. The van der Waals surface area contributed by atoms with E-state index in [0.717, 1.165) is 0 Å². The lowest BCUT2D eigenvalue weighted by Gasteiger charge is -2.25. The van der Waals surface area contributed by atoms with E-state index in [-0.39, 0.29) is 18.6 Å². The van der Waals surface area contributed by atoms with Crippen LogP contribution in [0, 0.1) is 0 Å². The van der Waals surface area contributed by atoms with Crippen molar-refractivity contribution in [3.8, 4) is 11.5 Å². The number of hydrogen-bond donors (Lipinski definition) is 2. The number of ether oxygens (including phenoxy) is 2. The average Bonchev–Trinajstić information content (AvgIpc) is 2.27. The van der Waals surface area contributed by atoms with Gasteiger partial charge in [0.05, 0.1) is 6.61 Å². The van der Waals surface area contributed by atoms with E-state index in [0.29, 0.717) is 23.8 Å². The molecule has 1 amide bonds. The molecule has 0 saturated heterocycles. The molecule has 5 nitrogen and oxygen atoms in total. The fourth-order valence-electron chi connectivity index (χ4n) is 1.49. The third-order valence-electron chi connectivity index (χ3n) is 2.19. The minimum atomic E-state index is -0.347. The minimum absolute atomic E-state index is 0.0934. The molecule has 2 N–H and O–H groups in total. The van der Waals surface area contributed by atoms with Gasteiger partial charge in [0.25, 0.3) is 0 Å². The fourth-order valence-corrected chi connectivity index (χ4v) is 1.49. The van der Waals surface area contributed by atoms with Crippen LogP contribution in [0.15, 0.2) is 18.2 Å². The van der Waals surface area contributed by atoms with Gasteiger partial charge in [-0.1, -0.05) is 0 Å². The van der Waals surface area contributed by atoms with Crippen LogP contribution in [-0.2, 0) is 4.79 Å². The number of anilines is 1. The van der Waals surface area contributed by atoms with Gasteiger partial charge < -0.3 is 19.9 Å². The van der Waals surface area contributed by atoms with Crippen LogP contribution in [-0.4, -0.2) is 30.3 Å². The van der Waals surface area contributed by atoms with Crippen molar-refractivity contribution in [2.24, 2.45) is 0 Å². The molecule has 0 fully saturated rings. The normalized spacial score (nSPS) is 18.0. The predicted octanol–water partition coefficient (Wildman–Crippen LogP) is 0.777. The lowest BCUT2D eigenvalue weighted by molar-refractivity contribution is -0.114. The summed E-state index contributed by atoms with van der Waals surface area (Å²) in [5, 5.41) is 11.6. The number of rotatable bonds is 2. The molecule has 0 saturated carbocycles. The van der Waals surface area contributed by atoms with E-state index in [2.05, 4.69) is 5.32 Å². The number of hydrogen-bond acceptors (Lipinski definition) is 4. The molecular weight excluding hydrogens is 210 g/mol. The summed E-state index contributed by atoms with van der Waals surface area (Å²) in [7, 11) is 0. The SMILES string of the molecule is CC(=O)Nc1ccc2c(c1)OC(CO)CO2. The zero-order valence-corrected chi connectivity index (χ0v) is 8.90. The first kappa shape index (κ1) is 10.8. The smallest absolute Gasteiger partial charge is 0.221 e. The molecule has 0 aromatic heterocycles. The monoisotopic (exact) mass is 223 g/mol. The average molecular weight is 223 g/mol. The highest BCUT2D eigenvalue weighted by atomic mass is 16.6. The number of carbonyl (C=O) groups is 1. The number of nitrogens with one attached hydrogen (secondary N) is 1. The summed E-state index contributed by atoms with van der Waals surface area (Å²) in [6.45, 7) is 1.68. The van der Waals surface area contributed by atoms with Crippen molar-refractivity contribution in [3.63, 3.8) is 0 Å². The zero-order valence-electron chi connectivity index (χ0n) is 8.90. The van der Waals surface area contributed by atoms with Crippen LogP contribution in [0.4, 0.5) is 5.69 Å². The Balaban J connectivity index is 2.20. The molecule has 5 heteroatoms. The topological polar surface area (TPSA) is 67.8 Å². The van der Waals surface area contributed by atoms with Gasteiger partial charge in [0.1, 0.15) is 6.61 Å². The Labute approximate surface area is 93.0 Å². The van der Waals surface area contributed by atoms with E-state index >= 15 is 0 Å². The molecule has 1 aliphatic rings. The first-order valence-corrected chi connectivity index (χ1v) is 5.01. The van der Waals surface area contributed by atoms with Crippen LogP contribution in [0.5, 0.6) is 11.5 Å². The van der Waals surface area contributed by atoms with Crippen molar-refractivity contribution in [3.05, 3.63) is 18.2 Å². The maximum Gasteiger partial charge on any atom is 0.221 e. The summed E-state index contributed by atoms with van der Waals surface area (Å²) in [6.07, 6.45) is -0.347. The van der Waals surface area contributed by atoms with Crippen molar-refractivity contribution in [2.75, 3.05) is 18.5 Å². The van der Waals surface area contributed by atoms with Gasteiger partial charge in [0, 0.05) is 18.7 Å². The summed E-state index contributed by atoms with van der Waals surface area (Å²) in [5.41, 5.74) is 0.647. The van der Waals surface area contributed by atoms with Gasteiger partial charge in [-0.05, 0) is 12.1 Å². The van der Waals surface area contributed by atoms with Gasteiger partial charge in [-0.25, -0.2) is 0 Å². The fraction of sp³-hybridized carbons (Fsp3) is 0.364. The Morgan fingerprint density at radius 3 is 3.06 bits per heavy atom. The number of aliphatic hydroxyl groups is 1. The second kappa shape index (κ2) is 4.40. The van der Waals surface area contributed by atoms with Crippen LogP contribution in [0.3, 0.4) is 0 Å². The quantitative estimate of drug-likeness (QED) is 0.777. The Bertz CT molecular complexity index is 405. The van der Waals surface area contributed by atoms with Crippen molar-refractivity contribution < 1.29 is 19.4 Å². The van der Waals surface area contributed by atoms with Crippen LogP contribution in [0.1, 0.15) is 6.92 Å². The highest BCUT2D eigenvalue weighted by Gasteiger charge is 2.20. The van der Waals surface area contributed by atoms with Gasteiger partial charge in [0.15, 0.2) is 17.6 Å². The Kier molecular flexibility index (Phi) is 2.96. The van der Waals surface area contributed by atoms with Gasteiger partial charge in [0.2, 0.25) is 5.91 Å². The van der Waals surface area contributed by atoms with Crippen LogP contribution in [0.2, 0.25) is 0 Å². The number of aliphatic hydroxyl groups excluding tert-OH is 1. The van der Waals surface area contributed by atoms with E-state index in [9.17, 15) is 4.79 Å². The molecule has 1 aromatic rings. The van der Waals surface area contributed by atoms with Gasteiger partial charge in [-0.15, -0.1) is 0 Å². The van der Waals surface area contributed by atoms with Crippen LogP contribution in [0.25, 0.3) is 0 Å². The molecule has 1 aliphatic heterocycles. The minimum Gasteiger partial charge on any atom is -0.486 e. The largest absolute Gasteiger partial charge is 0.486 e. The molecule has 0 bridgehead atoms. The Hall–Kier alpha value is -1.75. The maximum absolute atomic E-state index is 10.9. The van der Waals surface area contributed by atoms with E-state index < -0.39 is 0 Å². The molecule has 1 atom stereocenters. The second-order valence-corrected chi connectivity index (χ2v) is 3.58. The molecule has 0 spiro atoms. The Morgan fingerprint density at radius 2 is 2.38 bits per heavy atom. The molecule has 0 aliphatic carbocycles. The third-order valence-corrected chi connectivity index (χ3v) is 2.19. The molecule has 1 unspecified atom stereocenters. The van der Waals surface area contributed by atoms with E-state index in [1.807, 2.05) is 0 Å². The van der Waals surface area contributed by atoms with Gasteiger partial charge >= 0.3 is 0 Å². The molecule has 2 rings (SSSR count). The lowest BCUT2D eigenvalue weighted by atomic mass is 10.2. The van der Waals surface area contributed by atoms with E-state index in [4.69, 9.17) is 14.6 Å². The first-order chi connectivity index (χ1) is 7.69. The van der Waals surface area contributed by atoms with Crippen molar-refractivity contribution in [2.45, 2.75) is 13.0 Å². The zero-order chi connectivity index (χ0) is 11.5. The van der Waals surface area contributed by atoms with Gasteiger partial charge in [-0.3, -0.25) is 4.79 Å². The molecule has 86 valence electrons. The van der Waals surface area contributed by atoms with Crippen molar-refractivity contribution in [1.82, 2.24) is 0 Å². The van der Waals surface area contributed by atoms with Crippen LogP contribution < -0.4 is 14.8 Å². The van der Waals surface area contributed by atoms with Crippen LogP contribution >= 0.6 is 0 Å². The van der Waals surface area contributed by atoms with Gasteiger partial charge in [-0.2, -0.15) is 0 Å². The number of carbonyl (C=O) groups excluding carboxylic acids is 1. The first-order valence-electron chi connectivity index (χ1n) is 5.01. The highest BCUT2D eigenvalue weighted by Crippen LogP contribution is 2.34. The molecule has 1 aromatic carbocycles. The Morgan fingerprint density at radius 1 is 1.56 bits per heavy atom. The number of fused-ring (bicyclic) bond motifs is 1. The summed E-state index contributed by atoms with van der Waals surface area (Å²) in [4.78, 5) is 10.9. The molecule has 0 radical (unpaired) electrons. The van der Waals surface area contributed by atoms with E-state index in [1.54, 1.807) is 18.2 Å². The van der Waals surface area contributed by atoms with Crippen molar-refractivity contribution >= 4 is 11.6 Å². The molecule has 1 heterocycles. The number of benzene rings is 1. The third kappa shape index (κ3) is 2.25. The molecule has 16 heavy (non-hydrogen) atoms. The van der Waals surface area contributed by atoms with E-state index in [1.165, 1.54) is 6.92 Å². The summed E-state index contributed by atoms with van der Waals surface area (Å²) in [5.74, 6) is 1.02. The second-order valence-electron chi connectivity index (χ2n) is 3.58. The number of amides is 1. The highest BCUT2D eigenvalue weighted by molar-refractivity contribution is 5.89. The predicted molar refractivity (Wildman–Crippen MR) is 57.7 cm³/mol. The summed E-state index contributed by atoms with van der Waals surface area (Å²) in [6, 6.07) is 5.15. The standard InChI is InChI=1S/C11H13NO4/c1-7(14)12-8-2-3-10-11(4-8)16-9(5-13)6-15-10/h2-4,9,13H,5-6H2,1H3,(H,12,14). The van der Waals surface area contributed by atoms with Crippen molar-refractivity contribution in [1.29, 1.82) is 0 Å². The summed E-state index contributed by atoms with van der Waals surface area (Å²) < 4.78 is 10.9. The summed E-state index contributed by atoms with van der Waals surface area (Å²) >= 11 is 0. The lowest BCUT2D eigenvalue weighted by Crippen LogP contribution is -2.32.